The summed E-state index contributed by atoms with van der Waals surface area (Å²) in [6.07, 6.45) is 0.110. The zero-order valence-electron chi connectivity index (χ0n) is 11.1. The number of halogens is 1. The van der Waals surface area contributed by atoms with Crippen LogP contribution in [0.3, 0.4) is 0 Å². The minimum Gasteiger partial charge on any atom is -0.458 e. The van der Waals surface area contributed by atoms with Crippen LogP contribution < -0.4 is 0 Å². The lowest BCUT2D eigenvalue weighted by Gasteiger charge is -2.07. The van der Waals surface area contributed by atoms with Crippen molar-refractivity contribution in [1.29, 1.82) is 0 Å². The molecule has 20 heavy (non-hydrogen) atoms. The summed E-state index contributed by atoms with van der Waals surface area (Å²) in [5.41, 5.74) is 1.04. The topological polar surface area (TPSA) is 33.4 Å². The van der Waals surface area contributed by atoms with E-state index in [1.807, 2.05) is 43.3 Å². The smallest absolute Gasteiger partial charge is 0.135 e. The molecule has 0 spiro atoms. The Morgan fingerprint density at radius 1 is 1.05 bits per heavy atom. The van der Waals surface area contributed by atoms with Gasteiger partial charge < -0.3 is 9.52 Å². The van der Waals surface area contributed by atoms with E-state index in [0.717, 1.165) is 26.6 Å². The summed E-state index contributed by atoms with van der Waals surface area (Å²) in [5, 5.41) is 12.1. The van der Waals surface area contributed by atoms with Gasteiger partial charge in [-0.3, -0.25) is 0 Å². The highest BCUT2D eigenvalue weighted by molar-refractivity contribution is 9.10. The molecule has 0 bridgehead atoms. The van der Waals surface area contributed by atoms with Crippen LogP contribution in [0.4, 0.5) is 0 Å². The van der Waals surface area contributed by atoms with Crippen molar-refractivity contribution >= 4 is 26.7 Å². The fourth-order valence-electron chi connectivity index (χ4n) is 2.36. The third kappa shape index (κ3) is 2.28. The Labute approximate surface area is 126 Å². The molecule has 1 aromatic heterocycles. The van der Waals surface area contributed by atoms with Crippen LogP contribution in [0.15, 0.2) is 57.4 Å². The van der Waals surface area contributed by atoms with Crippen molar-refractivity contribution in [2.45, 2.75) is 19.4 Å². The van der Waals surface area contributed by atoms with Crippen molar-refractivity contribution < 1.29 is 9.52 Å². The summed E-state index contributed by atoms with van der Waals surface area (Å²) in [6.45, 7) is 1.93. The maximum absolute atomic E-state index is 9.85. The Morgan fingerprint density at radius 2 is 1.80 bits per heavy atom. The number of furan rings is 1. The minimum atomic E-state index is -0.537. The highest BCUT2D eigenvalue weighted by Gasteiger charge is 2.13. The molecule has 0 fully saturated rings. The van der Waals surface area contributed by atoms with Crippen molar-refractivity contribution in [3.8, 4) is 11.3 Å². The van der Waals surface area contributed by atoms with E-state index in [-0.39, 0.29) is 0 Å². The van der Waals surface area contributed by atoms with Gasteiger partial charge in [-0.2, -0.15) is 0 Å². The highest BCUT2D eigenvalue weighted by Crippen LogP contribution is 2.35. The molecule has 1 unspecified atom stereocenters. The lowest BCUT2D eigenvalue weighted by atomic mass is 10.0. The standard InChI is InChI=1S/C17H15BrO2/c1-2-15(19)17-10-9-16(20-17)13-7-8-14(18)12-6-4-3-5-11(12)13/h3-10,15,19H,2H2,1H3. The van der Waals surface area contributed by atoms with Crippen LogP contribution in [0.2, 0.25) is 0 Å². The second-order valence-corrected chi connectivity index (χ2v) is 5.62. The van der Waals surface area contributed by atoms with Crippen molar-refractivity contribution in [3.63, 3.8) is 0 Å². The molecule has 0 saturated carbocycles. The quantitative estimate of drug-likeness (QED) is 0.706. The molecule has 1 heterocycles. The maximum atomic E-state index is 9.85. The molecule has 1 N–H and O–H groups in total. The van der Waals surface area contributed by atoms with E-state index in [9.17, 15) is 5.11 Å². The Hall–Kier alpha value is -1.58. The van der Waals surface area contributed by atoms with Crippen molar-refractivity contribution in [1.82, 2.24) is 0 Å². The van der Waals surface area contributed by atoms with Gasteiger partial charge in [-0.25, -0.2) is 0 Å². The van der Waals surface area contributed by atoms with Gasteiger partial charge >= 0.3 is 0 Å². The molecule has 102 valence electrons. The molecule has 3 aromatic rings. The Kier molecular flexibility index (Phi) is 3.64. The lowest BCUT2D eigenvalue weighted by molar-refractivity contribution is 0.147. The predicted octanol–water partition coefficient (Wildman–Crippen LogP) is 5.31. The number of fused-ring (bicyclic) bond motifs is 1. The zero-order chi connectivity index (χ0) is 14.1. The third-order valence-corrected chi connectivity index (χ3v) is 4.17. The highest BCUT2D eigenvalue weighted by atomic mass is 79.9. The minimum absolute atomic E-state index is 0.537. The van der Waals surface area contributed by atoms with E-state index in [4.69, 9.17) is 4.42 Å². The molecule has 0 aliphatic rings. The van der Waals surface area contributed by atoms with E-state index >= 15 is 0 Å². The normalized spacial score (nSPS) is 12.8. The molecule has 2 nitrogen and oxygen atoms in total. The second kappa shape index (κ2) is 5.43. The lowest BCUT2D eigenvalue weighted by Crippen LogP contribution is -1.91. The number of hydrogen-bond acceptors (Lipinski definition) is 2. The monoisotopic (exact) mass is 330 g/mol. The van der Waals surface area contributed by atoms with Crippen molar-refractivity contribution in [2.75, 3.05) is 0 Å². The van der Waals surface area contributed by atoms with Crippen LogP contribution >= 0.6 is 15.9 Å². The molecule has 3 heteroatoms. The maximum Gasteiger partial charge on any atom is 0.135 e. The SMILES string of the molecule is CCC(O)c1ccc(-c2ccc(Br)c3ccccc23)o1. The molecule has 3 rings (SSSR count). The average molecular weight is 331 g/mol. The summed E-state index contributed by atoms with van der Waals surface area (Å²) in [4.78, 5) is 0. The molecule has 1 atom stereocenters. The number of hydrogen-bond donors (Lipinski definition) is 1. The molecule has 0 amide bonds. The molecule has 0 saturated heterocycles. The number of aliphatic hydroxyl groups is 1. The molecule has 0 aliphatic heterocycles. The number of aliphatic hydroxyl groups excluding tert-OH is 1. The first kappa shape index (κ1) is 13.4. The van der Waals surface area contributed by atoms with E-state index in [0.29, 0.717) is 12.2 Å². The van der Waals surface area contributed by atoms with Crippen LogP contribution in [-0.2, 0) is 0 Å². The first-order valence-corrected chi connectivity index (χ1v) is 7.45. The fourth-order valence-corrected chi connectivity index (χ4v) is 2.83. The Balaban J connectivity index is 2.15. The van der Waals surface area contributed by atoms with Gasteiger partial charge in [0.25, 0.3) is 0 Å². The first-order chi connectivity index (χ1) is 9.70. The van der Waals surface area contributed by atoms with Crippen LogP contribution in [0.1, 0.15) is 25.2 Å². The van der Waals surface area contributed by atoms with E-state index < -0.39 is 6.10 Å². The van der Waals surface area contributed by atoms with Gasteiger partial charge in [0.05, 0.1) is 0 Å². The molecular weight excluding hydrogens is 316 g/mol. The second-order valence-electron chi connectivity index (χ2n) is 4.77. The first-order valence-electron chi connectivity index (χ1n) is 6.66. The van der Waals surface area contributed by atoms with Crippen molar-refractivity contribution in [2.24, 2.45) is 0 Å². The molecular formula is C17H15BrO2. The molecule has 0 radical (unpaired) electrons. The number of rotatable bonds is 3. The van der Waals surface area contributed by atoms with Crippen molar-refractivity contribution in [3.05, 3.63) is 58.8 Å². The van der Waals surface area contributed by atoms with Crippen LogP contribution in [0.5, 0.6) is 0 Å². The van der Waals surface area contributed by atoms with Crippen LogP contribution in [-0.4, -0.2) is 5.11 Å². The van der Waals surface area contributed by atoms with Gasteiger partial charge in [-0.05, 0) is 41.5 Å². The third-order valence-electron chi connectivity index (χ3n) is 3.48. The van der Waals surface area contributed by atoms with Gasteiger partial charge in [0, 0.05) is 10.0 Å². The van der Waals surface area contributed by atoms with Gasteiger partial charge in [0.2, 0.25) is 0 Å². The summed E-state index contributed by atoms with van der Waals surface area (Å²) in [7, 11) is 0. The summed E-state index contributed by atoms with van der Waals surface area (Å²) < 4.78 is 6.87. The van der Waals surface area contributed by atoms with Gasteiger partial charge in [-0.1, -0.05) is 47.1 Å². The summed E-state index contributed by atoms with van der Waals surface area (Å²) in [5.74, 6) is 1.41. The molecule has 2 aromatic carbocycles. The average Bonchev–Trinajstić information content (AvgIpc) is 2.97. The Morgan fingerprint density at radius 3 is 2.55 bits per heavy atom. The van der Waals surface area contributed by atoms with Gasteiger partial charge in [-0.15, -0.1) is 0 Å². The Bertz CT molecular complexity index is 746. The van der Waals surface area contributed by atoms with Crippen LogP contribution in [0, 0.1) is 0 Å². The number of benzene rings is 2. The predicted molar refractivity (Wildman–Crippen MR) is 84.6 cm³/mol. The van der Waals surface area contributed by atoms with E-state index in [2.05, 4.69) is 28.1 Å². The zero-order valence-corrected chi connectivity index (χ0v) is 12.7. The van der Waals surface area contributed by atoms with E-state index in [1.165, 1.54) is 0 Å². The molecule has 0 aliphatic carbocycles. The summed E-state index contributed by atoms with van der Waals surface area (Å²) >= 11 is 3.57. The fraction of sp³-hybridized carbons (Fsp3) is 0.176. The van der Waals surface area contributed by atoms with E-state index in [1.54, 1.807) is 0 Å². The van der Waals surface area contributed by atoms with Gasteiger partial charge in [0.1, 0.15) is 17.6 Å². The van der Waals surface area contributed by atoms with Crippen LogP contribution in [0.25, 0.3) is 22.1 Å². The summed E-state index contributed by atoms with van der Waals surface area (Å²) in [6, 6.07) is 16.0. The van der Waals surface area contributed by atoms with Gasteiger partial charge in [0.15, 0.2) is 0 Å². The largest absolute Gasteiger partial charge is 0.458 e.